The lowest BCUT2D eigenvalue weighted by molar-refractivity contribution is 0.0631. The van der Waals surface area contributed by atoms with Crippen LogP contribution in [0.25, 0.3) is 21.5 Å². The number of carbonyl (C=O) groups is 2. The van der Waals surface area contributed by atoms with Gasteiger partial charge in [-0.3, -0.25) is 0 Å². The van der Waals surface area contributed by atoms with Crippen molar-refractivity contribution in [1.82, 2.24) is 10.6 Å². The third kappa shape index (κ3) is 7.32. The van der Waals surface area contributed by atoms with Gasteiger partial charge in [0.25, 0.3) is 0 Å². The molecule has 0 aromatic heterocycles. The van der Waals surface area contributed by atoms with Crippen LogP contribution < -0.4 is 20.1 Å². The molecule has 2 unspecified atom stereocenters. The number of fused-ring (bicyclic) bond motifs is 2. The Morgan fingerprint density at radius 1 is 0.730 bits per heavy atom. The van der Waals surface area contributed by atoms with E-state index in [1.807, 2.05) is 64.1 Å². The molecule has 3 rings (SSSR count). The summed E-state index contributed by atoms with van der Waals surface area (Å²) in [7, 11) is 0. The summed E-state index contributed by atoms with van der Waals surface area (Å²) in [6.45, 7) is 8.88. The zero-order valence-electron chi connectivity index (χ0n) is 21.8. The van der Waals surface area contributed by atoms with Crippen LogP contribution in [0.4, 0.5) is 9.59 Å². The van der Waals surface area contributed by atoms with Crippen LogP contribution in [0.3, 0.4) is 0 Å². The highest BCUT2D eigenvalue weighted by Crippen LogP contribution is 2.43. The molecule has 0 saturated heterocycles. The molecule has 3 aromatic carbocycles. The first-order valence-electron chi connectivity index (χ1n) is 12.7. The van der Waals surface area contributed by atoms with E-state index in [1.54, 1.807) is 6.07 Å². The number of amides is 2. The Morgan fingerprint density at radius 3 is 1.65 bits per heavy atom. The lowest BCUT2D eigenvalue weighted by Gasteiger charge is -2.22. The molecule has 0 bridgehead atoms. The summed E-state index contributed by atoms with van der Waals surface area (Å²) in [5, 5.41) is 9.09. The van der Waals surface area contributed by atoms with Gasteiger partial charge in [0.15, 0.2) is 0 Å². The summed E-state index contributed by atoms with van der Waals surface area (Å²) in [5.74, 6) is 1.28. The molecule has 2 atom stereocenters. The SMILES string of the molecule is CCNC(=O)OC(CC)COc1c2ccccc2c(OCC(CC)OC(=O)NCC)c2cc(Cl)ccc12. The first-order chi connectivity index (χ1) is 17.9. The fraction of sp³-hybridized carbons (Fsp3) is 0.429. The molecule has 0 aliphatic rings. The van der Waals surface area contributed by atoms with Gasteiger partial charge >= 0.3 is 12.2 Å². The molecule has 0 radical (unpaired) electrons. The molecule has 0 aliphatic heterocycles. The van der Waals surface area contributed by atoms with Crippen molar-refractivity contribution >= 4 is 45.3 Å². The minimum atomic E-state index is -0.472. The molecule has 9 heteroatoms. The van der Waals surface area contributed by atoms with E-state index in [1.165, 1.54) is 0 Å². The third-order valence-corrected chi connectivity index (χ3v) is 6.05. The van der Waals surface area contributed by atoms with Gasteiger partial charge in [-0.25, -0.2) is 9.59 Å². The van der Waals surface area contributed by atoms with Crippen molar-refractivity contribution in [2.75, 3.05) is 26.3 Å². The molecule has 8 nitrogen and oxygen atoms in total. The topological polar surface area (TPSA) is 95.1 Å². The van der Waals surface area contributed by atoms with Gasteiger partial charge in [0.05, 0.1) is 0 Å². The number of alkyl carbamates (subject to hydrolysis) is 2. The summed E-state index contributed by atoms with van der Waals surface area (Å²) in [6, 6.07) is 13.3. The third-order valence-electron chi connectivity index (χ3n) is 5.81. The summed E-state index contributed by atoms with van der Waals surface area (Å²) in [6.07, 6.45) is -0.584. The van der Waals surface area contributed by atoms with E-state index >= 15 is 0 Å². The van der Waals surface area contributed by atoms with Crippen molar-refractivity contribution < 1.29 is 28.5 Å². The summed E-state index contributed by atoms with van der Waals surface area (Å²) >= 11 is 6.39. The van der Waals surface area contributed by atoms with Gasteiger partial charge in [0, 0.05) is 39.7 Å². The van der Waals surface area contributed by atoms with Crippen molar-refractivity contribution in [2.45, 2.75) is 52.7 Å². The number of nitrogens with one attached hydrogen (secondary N) is 2. The van der Waals surface area contributed by atoms with Crippen LogP contribution in [0, 0.1) is 0 Å². The first kappa shape index (κ1) is 28.2. The maximum absolute atomic E-state index is 11.9. The van der Waals surface area contributed by atoms with Gasteiger partial charge in [0.2, 0.25) is 0 Å². The average molecular weight is 531 g/mol. The lowest BCUT2D eigenvalue weighted by atomic mass is 10.0. The van der Waals surface area contributed by atoms with Gasteiger partial charge in [-0.2, -0.15) is 0 Å². The highest BCUT2D eigenvalue weighted by molar-refractivity contribution is 6.31. The van der Waals surface area contributed by atoms with Crippen LogP contribution in [0.5, 0.6) is 11.5 Å². The average Bonchev–Trinajstić information content (AvgIpc) is 2.89. The molecular formula is C28H35ClN2O6. The fourth-order valence-corrected chi connectivity index (χ4v) is 4.05. The predicted molar refractivity (Wildman–Crippen MR) is 146 cm³/mol. The zero-order valence-corrected chi connectivity index (χ0v) is 22.5. The van der Waals surface area contributed by atoms with E-state index in [-0.39, 0.29) is 13.2 Å². The molecule has 37 heavy (non-hydrogen) atoms. The maximum Gasteiger partial charge on any atom is 0.407 e. The Balaban J connectivity index is 1.97. The molecule has 0 aliphatic carbocycles. The molecular weight excluding hydrogens is 496 g/mol. The van der Waals surface area contributed by atoms with E-state index in [0.717, 1.165) is 21.5 Å². The van der Waals surface area contributed by atoms with Crippen molar-refractivity contribution in [3.05, 3.63) is 47.5 Å². The van der Waals surface area contributed by atoms with E-state index in [4.69, 9.17) is 30.5 Å². The molecule has 0 fully saturated rings. The molecule has 0 heterocycles. The van der Waals surface area contributed by atoms with Crippen molar-refractivity contribution in [3.63, 3.8) is 0 Å². The highest BCUT2D eigenvalue weighted by atomic mass is 35.5. The Morgan fingerprint density at radius 2 is 1.19 bits per heavy atom. The van der Waals surface area contributed by atoms with Gasteiger partial charge in [-0.05, 0) is 44.9 Å². The largest absolute Gasteiger partial charge is 0.488 e. The van der Waals surface area contributed by atoms with Crippen LogP contribution in [0.2, 0.25) is 5.02 Å². The molecule has 2 amide bonds. The lowest BCUT2D eigenvalue weighted by Crippen LogP contribution is -2.31. The van der Waals surface area contributed by atoms with Gasteiger partial charge in [-0.1, -0.05) is 49.7 Å². The van der Waals surface area contributed by atoms with E-state index in [9.17, 15) is 9.59 Å². The number of rotatable bonds is 12. The van der Waals surface area contributed by atoms with E-state index in [0.29, 0.717) is 42.5 Å². The first-order valence-corrected chi connectivity index (χ1v) is 13.1. The zero-order chi connectivity index (χ0) is 26.8. The second kappa shape index (κ2) is 13.8. The number of ether oxygens (including phenoxy) is 4. The van der Waals surface area contributed by atoms with Crippen LogP contribution >= 0.6 is 11.6 Å². The molecule has 0 spiro atoms. The number of hydrogen-bond donors (Lipinski definition) is 2. The van der Waals surface area contributed by atoms with Gasteiger partial charge < -0.3 is 29.6 Å². The van der Waals surface area contributed by atoms with Crippen molar-refractivity contribution in [1.29, 1.82) is 0 Å². The standard InChI is InChI=1S/C28H35ClN2O6/c1-5-19(36-27(32)30-7-3)16-34-25-21-11-9-10-12-22(21)26(24-15-18(29)13-14-23(24)25)35-17-20(6-2)37-28(33)31-8-4/h9-15,19-20H,5-8,16-17H2,1-4H3,(H,30,32)(H,31,33). The van der Waals surface area contributed by atoms with Crippen LogP contribution in [-0.4, -0.2) is 50.7 Å². The molecule has 2 N–H and O–H groups in total. The van der Waals surface area contributed by atoms with Crippen molar-refractivity contribution in [2.24, 2.45) is 0 Å². The van der Waals surface area contributed by atoms with Gasteiger partial charge in [-0.15, -0.1) is 0 Å². The van der Waals surface area contributed by atoms with Crippen LogP contribution in [-0.2, 0) is 9.47 Å². The number of carbonyl (C=O) groups excluding carboxylic acids is 2. The predicted octanol–water partition coefficient (Wildman–Crippen LogP) is 6.45. The quantitative estimate of drug-likeness (QED) is 0.261. The van der Waals surface area contributed by atoms with E-state index in [2.05, 4.69) is 10.6 Å². The van der Waals surface area contributed by atoms with Crippen LogP contribution in [0.1, 0.15) is 40.5 Å². The maximum atomic E-state index is 11.9. The summed E-state index contributed by atoms with van der Waals surface area (Å²) < 4.78 is 23.6. The summed E-state index contributed by atoms with van der Waals surface area (Å²) in [5.41, 5.74) is 0. The molecule has 3 aromatic rings. The Bertz CT molecular complexity index is 1220. The Hall–Kier alpha value is -3.39. The smallest absolute Gasteiger partial charge is 0.407 e. The van der Waals surface area contributed by atoms with Crippen molar-refractivity contribution in [3.8, 4) is 11.5 Å². The second-order valence-corrected chi connectivity index (χ2v) is 8.88. The minimum absolute atomic E-state index is 0.178. The summed E-state index contributed by atoms with van der Waals surface area (Å²) in [4.78, 5) is 23.9. The van der Waals surface area contributed by atoms with E-state index < -0.39 is 24.4 Å². The Kier molecular flexibility index (Phi) is 10.5. The number of benzene rings is 3. The normalized spacial score (nSPS) is 12.6. The van der Waals surface area contributed by atoms with Gasteiger partial charge in [0.1, 0.15) is 36.9 Å². The number of hydrogen-bond acceptors (Lipinski definition) is 6. The molecule has 0 saturated carbocycles. The highest BCUT2D eigenvalue weighted by Gasteiger charge is 2.21. The monoisotopic (exact) mass is 530 g/mol. The second-order valence-electron chi connectivity index (χ2n) is 8.45. The Labute approximate surface area is 222 Å². The molecule has 200 valence electrons. The fourth-order valence-electron chi connectivity index (χ4n) is 3.88. The van der Waals surface area contributed by atoms with Crippen LogP contribution in [0.15, 0.2) is 42.5 Å². The number of halogens is 1. The minimum Gasteiger partial charge on any atom is -0.488 e.